The van der Waals surface area contributed by atoms with Gasteiger partial charge in [-0.15, -0.1) is 0 Å². The van der Waals surface area contributed by atoms with E-state index in [1.54, 1.807) is 0 Å². The van der Waals surface area contributed by atoms with E-state index in [-0.39, 0.29) is 6.04 Å². The Morgan fingerprint density at radius 3 is 2.80 bits per heavy atom. The van der Waals surface area contributed by atoms with Crippen molar-refractivity contribution in [3.05, 3.63) is 29.5 Å². The number of nitrogens with zero attached hydrogens (tertiary/aromatic N) is 2. The molecule has 0 amide bonds. The Bertz CT molecular complexity index is 483. The molecule has 15 heavy (non-hydrogen) atoms. The monoisotopic (exact) mass is 203 g/mol. The standard InChI is InChI=1S/C12H17N3/c1-4-12-10-6-5-9(8(2)13)7-11(10)14-15(12)3/h5-8H,4,13H2,1-3H3. The zero-order chi connectivity index (χ0) is 11.0. The van der Waals surface area contributed by atoms with Crippen molar-refractivity contribution in [1.29, 1.82) is 0 Å². The molecule has 0 aliphatic rings. The maximum absolute atomic E-state index is 5.85. The summed E-state index contributed by atoms with van der Waals surface area (Å²) in [5, 5.41) is 5.73. The van der Waals surface area contributed by atoms with Gasteiger partial charge in [0.15, 0.2) is 0 Å². The number of aromatic nitrogens is 2. The van der Waals surface area contributed by atoms with Gasteiger partial charge in [-0.05, 0) is 25.0 Å². The molecule has 2 aromatic rings. The van der Waals surface area contributed by atoms with Crippen LogP contribution in [-0.4, -0.2) is 9.78 Å². The third-order valence-electron chi connectivity index (χ3n) is 2.84. The molecular formula is C12H17N3. The van der Waals surface area contributed by atoms with Crippen LogP contribution in [0.3, 0.4) is 0 Å². The van der Waals surface area contributed by atoms with E-state index >= 15 is 0 Å². The van der Waals surface area contributed by atoms with Crippen molar-refractivity contribution in [2.24, 2.45) is 12.8 Å². The Morgan fingerprint density at radius 1 is 1.47 bits per heavy atom. The van der Waals surface area contributed by atoms with Gasteiger partial charge in [0.05, 0.1) is 5.52 Å². The second-order valence-corrected chi connectivity index (χ2v) is 3.99. The number of nitrogens with two attached hydrogens (primary N) is 1. The molecule has 0 radical (unpaired) electrons. The number of benzene rings is 1. The van der Waals surface area contributed by atoms with E-state index in [1.807, 2.05) is 18.7 Å². The SMILES string of the molecule is CCc1c2ccc(C(C)N)cc2nn1C. The average Bonchev–Trinajstić information content (AvgIpc) is 2.51. The molecule has 3 nitrogen and oxygen atoms in total. The summed E-state index contributed by atoms with van der Waals surface area (Å²) in [6, 6.07) is 6.37. The molecule has 1 aromatic heterocycles. The number of aryl methyl sites for hydroxylation is 2. The van der Waals surface area contributed by atoms with Gasteiger partial charge in [-0.25, -0.2) is 0 Å². The third kappa shape index (κ3) is 1.63. The molecule has 1 aromatic carbocycles. The maximum atomic E-state index is 5.85. The normalized spacial score (nSPS) is 13.3. The lowest BCUT2D eigenvalue weighted by atomic mass is 10.1. The molecule has 0 aliphatic heterocycles. The van der Waals surface area contributed by atoms with E-state index in [0.29, 0.717) is 0 Å². The van der Waals surface area contributed by atoms with Crippen LogP contribution in [0.5, 0.6) is 0 Å². The molecule has 1 unspecified atom stereocenters. The molecule has 0 fully saturated rings. The van der Waals surface area contributed by atoms with Gasteiger partial charge in [0.25, 0.3) is 0 Å². The minimum Gasteiger partial charge on any atom is -0.324 e. The highest BCUT2D eigenvalue weighted by Crippen LogP contribution is 2.21. The van der Waals surface area contributed by atoms with Crippen LogP contribution in [-0.2, 0) is 13.5 Å². The molecule has 2 rings (SSSR count). The summed E-state index contributed by atoms with van der Waals surface area (Å²) in [5.41, 5.74) is 9.31. The van der Waals surface area contributed by atoms with Crippen molar-refractivity contribution in [2.45, 2.75) is 26.3 Å². The Labute approximate surface area is 89.9 Å². The smallest absolute Gasteiger partial charge is 0.0929 e. The van der Waals surface area contributed by atoms with Gasteiger partial charge in [-0.2, -0.15) is 5.10 Å². The van der Waals surface area contributed by atoms with Crippen LogP contribution in [0.4, 0.5) is 0 Å². The Morgan fingerprint density at radius 2 is 2.20 bits per heavy atom. The van der Waals surface area contributed by atoms with Gasteiger partial charge >= 0.3 is 0 Å². The number of hydrogen-bond acceptors (Lipinski definition) is 2. The largest absolute Gasteiger partial charge is 0.324 e. The zero-order valence-electron chi connectivity index (χ0n) is 9.49. The fourth-order valence-electron chi connectivity index (χ4n) is 1.97. The first-order chi connectivity index (χ1) is 7.13. The van der Waals surface area contributed by atoms with Crippen molar-refractivity contribution in [3.8, 4) is 0 Å². The zero-order valence-corrected chi connectivity index (χ0v) is 9.49. The summed E-state index contributed by atoms with van der Waals surface area (Å²) in [6.45, 7) is 4.14. The molecule has 1 atom stereocenters. The topological polar surface area (TPSA) is 43.8 Å². The quantitative estimate of drug-likeness (QED) is 0.812. The summed E-state index contributed by atoms with van der Waals surface area (Å²) in [6.07, 6.45) is 1.00. The maximum Gasteiger partial charge on any atom is 0.0929 e. The van der Waals surface area contributed by atoms with Gasteiger partial charge in [-0.3, -0.25) is 4.68 Å². The van der Waals surface area contributed by atoms with Crippen LogP contribution in [0.2, 0.25) is 0 Å². The molecule has 2 N–H and O–H groups in total. The van der Waals surface area contributed by atoms with E-state index in [4.69, 9.17) is 5.73 Å². The Balaban J connectivity index is 2.64. The van der Waals surface area contributed by atoms with E-state index < -0.39 is 0 Å². The van der Waals surface area contributed by atoms with Crippen LogP contribution in [0, 0.1) is 0 Å². The van der Waals surface area contributed by atoms with Crippen LogP contribution in [0.15, 0.2) is 18.2 Å². The molecule has 1 heterocycles. The van der Waals surface area contributed by atoms with E-state index in [9.17, 15) is 0 Å². The van der Waals surface area contributed by atoms with E-state index in [1.165, 1.54) is 11.1 Å². The molecule has 0 spiro atoms. The molecular weight excluding hydrogens is 186 g/mol. The minimum atomic E-state index is 0.0708. The summed E-state index contributed by atoms with van der Waals surface area (Å²) >= 11 is 0. The molecule has 80 valence electrons. The average molecular weight is 203 g/mol. The molecule has 0 aliphatic carbocycles. The van der Waals surface area contributed by atoms with Gasteiger partial charge in [0.1, 0.15) is 0 Å². The van der Waals surface area contributed by atoms with Crippen LogP contribution in [0.1, 0.15) is 31.1 Å². The van der Waals surface area contributed by atoms with Crippen molar-refractivity contribution >= 4 is 10.9 Å². The molecule has 3 heteroatoms. The van der Waals surface area contributed by atoms with Crippen molar-refractivity contribution in [2.75, 3.05) is 0 Å². The van der Waals surface area contributed by atoms with Crippen molar-refractivity contribution < 1.29 is 0 Å². The highest BCUT2D eigenvalue weighted by molar-refractivity contribution is 5.82. The summed E-state index contributed by atoms with van der Waals surface area (Å²) < 4.78 is 1.95. The Kier molecular flexibility index (Phi) is 2.49. The molecule has 0 saturated carbocycles. The summed E-state index contributed by atoms with van der Waals surface area (Å²) in [4.78, 5) is 0. The van der Waals surface area contributed by atoms with Crippen molar-refractivity contribution in [3.63, 3.8) is 0 Å². The predicted molar refractivity (Wildman–Crippen MR) is 62.7 cm³/mol. The minimum absolute atomic E-state index is 0.0708. The fourth-order valence-corrected chi connectivity index (χ4v) is 1.97. The predicted octanol–water partition coefficient (Wildman–Crippen LogP) is 2.16. The second-order valence-electron chi connectivity index (χ2n) is 3.99. The lowest BCUT2D eigenvalue weighted by Gasteiger charge is -2.04. The van der Waals surface area contributed by atoms with Crippen LogP contribution in [0.25, 0.3) is 10.9 Å². The molecule has 0 saturated heterocycles. The first kappa shape index (κ1) is 10.2. The number of rotatable bonds is 2. The highest BCUT2D eigenvalue weighted by atomic mass is 15.3. The van der Waals surface area contributed by atoms with Gasteiger partial charge in [-0.1, -0.05) is 19.1 Å². The summed E-state index contributed by atoms with van der Waals surface area (Å²) in [7, 11) is 1.99. The lowest BCUT2D eigenvalue weighted by molar-refractivity contribution is 0.728. The van der Waals surface area contributed by atoms with E-state index in [0.717, 1.165) is 17.5 Å². The Hall–Kier alpha value is -1.35. The van der Waals surface area contributed by atoms with Gasteiger partial charge < -0.3 is 5.73 Å². The van der Waals surface area contributed by atoms with E-state index in [2.05, 4.69) is 30.2 Å². The summed E-state index contributed by atoms with van der Waals surface area (Å²) in [5.74, 6) is 0. The third-order valence-corrected chi connectivity index (χ3v) is 2.84. The lowest BCUT2D eigenvalue weighted by Crippen LogP contribution is -2.04. The fraction of sp³-hybridized carbons (Fsp3) is 0.417. The number of fused-ring (bicyclic) bond motifs is 1. The number of hydrogen-bond donors (Lipinski definition) is 1. The second kappa shape index (κ2) is 3.66. The molecule has 0 bridgehead atoms. The van der Waals surface area contributed by atoms with Crippen LogP contribution < -0.4 is 5.73 Å². The first-order valence-electron chi connectivity index (χ1n) is 5.34. The van der Waals surface area contributed by atoms with Gasteiger partial charge in [0.2, 0.25) is 0 Å². The van der Waals surface area contributed by atoms with Crippen LogP contribution >= 0.6 is 0 Å². The van der Waals surface area contributed by atoms with Gasteiger partial charge in [0, 0.05) is 24.2 Å². The van der Waals surface area contributed by atoms with Crippen molar-refractivity contribution in [1.82, 2.24) is 9.78 Å². The first-order valence-corrected chi connectivity index (χ1v) is 5.34. The highest BCUT2D eigenvalue weighted by Gasteiger charge is 2.08.